The summed E-state index contributed by atoms with van der Waals surface area (Å²) in [6.07, 6.45) is 1.50. The average Bonchev–Trinajstić information content (AvgIpc) is 2.45. The normalized spacial score (nSPS) is 10.6. The zero-order chi connectivity index (χ0) is 15.2. The van der Waals surface area contributed by atoms with Crippen LogP contribution in [0.3, 0.4) is 0 Å². The lowest BCUT2D eigenvalue weighted by Crippen LogP contribution is -2.23. The summed E-state index contributed by atoms with van der Waals surface area (Å²) >= 11 is 8.47. The maximum Gasteiger partial charge on any atom is 0.191 e. The Labute approximate surface area is 137 Å². The van der Waals surface area contributed by atoms with E-state index in [1.54, 1.807) is 18.2 Å². The van der Waals surface area contributed by atoms with Crippen molar-refractivity contribution in [3.63, 3.8) is 0 Å². The minimum absolute atomic E-state index is 0.154. The molecule has 0 saturated heterocycles. The molecule has 0 aliphatic heterocycles. The monoisotopic (exact) mass is 363 g/mol. The molecule has 0 aromatic heterocycles. The van der Waals surface area contributed by atoms with E-state index < -0.39 is 0 Å². The Kier molecular flexibility index (Phi) is 5.30. The number of thiocarbonyl (C=S) groups is 1. The number of nitrogens with one attached hydrogen (secondary N) is 2. The van der Waals surface area contributed by atoms with Crippen molar-refractivity contribution < 1.29 is 5.11 Å². The van der Waals surface area contributed by atoms with E-state index in [0.717, 1.165) is 10.2 Å². The van der Waals surface area contributed by atoms with Gasteiger partial charge in [0, 0.05) is 15.7 Å². The van der Waals surface area contributed by atoms with Crippen LogP contribution in [0.4, 0.5) is 5.69 Å². The van der Waals surface area contributed by atoms with Crippen molar-refractivity contribution in [3.8, 4) is 5.75 Å². The Morgan fingerprint density at radius 2 is 1.95 bits per heavy atom. The number of hydrogen-bond donors (Lipinski definition) is 3. The summed E-state index contributed by atoms with van der Waals surface area (Å²) in [4.78, 5) is 0. The van der Waals surface area contributed by atoms with Gasteiger partial charge in [-0.15, -0.1) is 0 Å². The molecule has 0 spiro atoms. The number of benzene rings is 2. The van der Waals surface area contributed by atoms with Crippen LogP contribution in [0.5, 0.6) is 5.75 Å². The van der Waals surface area contributed by atoms with Crippen molar-refractivity contribution >= 4 is 45.2 Å². The summed E-state index contributed by atoms with van der Waals surface area (Å²) < 4.78 is 0.863. The minimum Gasteiger partial charge on any atom is -0.507 e. The number of nitrogens with zero attached hydrogens (tertiary/aromatic N) is 1. The van der Waals surface area contributed by atoms with Gasteiger partial charge in [-0.3, -0.25) is 5.43 Å². The first-order valence-electron chi connectivity index (χ1n) is 6.20. The lowest BCUT2D eigenvalue weighted by molar-refractivity contribution is 0.474. The topological polar surface area (TPSA) is 56.7 Å². The second-order valence-electron chi connectivity index (χ2n) is 4.39. The number of anilines is 1. The Morgan fingerprint density at radius 1 is 1.24 bits per heavy atom. The highest BCUT2D eigenvalue weighted by Gasteiger charge is 1.99. The second-order valence-corrected chi connectivity index (χ2v) is 5.72. The van der Waals surface area contributed by atoms with Crippen LogP contribution in [0, 0.1) is 6.92 Å². The van der Waals surface area contributed by atoms with Crippen molar-refractivity contribution in [3.05, 3.63) is 58.1 Å². The largest absolute Gasteiger partial charge is 0.507 e. The predicted molar refractivity (Wildman–Crippen MR) is 93.9 cm³/mol. The number of rotatable bonds is 3. The van der Waals surface area contributed by atoms with Gasteiger partial charge >= 0.3 is 0 Å². The number of halogens is 1. The fourth-order valence-corrected chi connectivity index (χ4v) is 2.13. The van der Waals surface area contributed by atoms with Crippen molar-refractivity contribution in [2.75, 3.05) is 5.32 Å². The maximum atomic E-state index is 9.67. The van der Waals surface area contributed by atoms with Crippen molar-refractivity contribution in [2.24, 2.45) is 5.10 Å². The molecule has 0 radical (unpaired) electrons. The third-order valence-corrected chi connectivity index (χ3v) is 3.36. The molecule has 0 saturated carbocycles. The van der Waals surface area contributed by atoms with Crippen LogP contribution in [0.15, 0.2) is 52.0 Å². The molecule has 0 atom stereocenters. The second kappa shape index (κ2) is 7.19. The minimum atomic E-state index is 0.154. The average molecular weight is 364 g/mol. The quantitative estimate of drug-likeness (QED) is 0.441. The molecule has 0 fully saturated rings. The molecular formula is C15H14BrN3OS. The highest BCUT2D eigenvalue weighted by atomic mass is 79.9. The number of aryl methyl sites for hydroxylation is 1. The lowest BCUT2D eigenvalue weighted by Gasteiger charge is -2.07. The highest BCUT2D eigenvalue weighted by Crippen LogP contribution is 2.19. The van der Waals surface area contributed by atoms with E-state index in [1.807, 2.05) is 31.2 Å². The van der Waals surface area contributed by atoms with Crippen LogP contribution in [0.2, 0.25) is 0 Å². The first kappa shape index (κ1) is 15.5. The first-order valence-corrected chi connectivity index (χ1v) is 7.40. The van der Waals surface area contributed by atoms with Gasteiger partial charge in [0.25, 0.3) is 0 Å². The zero-order valence-corrected chi connectivity index (χ0v) is 13.7. The fraction of sp³-hybridized carbons (Fsp3) is 0.0667. The molecule has 6 heteroatoms. The number of phenolic OH excluding ortho intramolecular Hbond substituents is 1. The number of hydrazone groups is 1. The van der Waals surface area contributed by atoms with E-state index in [0.29, 0.717) is 10.7 Å². The zero-order valence-electron chi connectivity index (χ0n) is 11.3. The Hall–Kier alpha value is -1.92. The molecular weight excluding hydrogens is 350 g/mol. The molecule has 2 rings (SSSR count). The summed E-state index contributed by atoms with van der Waals surface area (Å²) in [7, 11) is 0. The van der Waals surface area contributed by atoms with Gasteiger partial charge in [0.05, 0.1) is 6.21 Å². The molecule has 0 heterocycles. The smallest absolute Gasteiger partial charge is 0.191 e. The molecule has 3 N–H and O–H groups in total. The van der Waals surface area contributed by atoms with Gasteiger partial charge in [-0.2, -0.15) is 5.10 Å². The molecule has 0 amide bonds. The Morgan fingerprint density at radius 3 is 2.67 bits per heavy atom. The SMILES string of the molecule is Cc1ccc(NC(=S)N/N=C\c2cc(Br)ccc2O)cc1. The molecule has 21 heavy (non-hydrogen) atoms. The van der Waals surface area contributed by atoms with E-state index in [2.05, 4.69) is 31.8 Å². The van der Waals surface area contributed by atoms with Gasteiger partial charge in [-0.25, -0.2) is 0 Å². The summed E-state index contributed by atoms with van der Waals surface area (Å²) in [5.41, 5.74) is 5.37. The molecule has 2 aromatic carbocycles. The number of phenols is 1. The lowest BCUT2D eigenvalue weighted by atomic mass is 10.2. The van der Waals surface area contributed by atoms with Crippen LogP contribution in [0.25, 0.3) is 0 Å². The van der Waals surface area contributed by atoms with Gasteiger partial charge in [-0.05, 0) is 49.5 Å². The molecule has 108 valence electrons. The maximum absolute atomic E-state index is 9.67. The molecule has 0 unspecified atom stereocenters. The van der Waals surface area contributed by atoms with Crippen molar-refractivity contribution in [1.29, 1.82) is 0 Å². The molecule has 0 bridgehead atoms. The Bertz CT molecular complexity index is 671. The van der Waals surface area contributed by atoms with E-state index >= 15 is 0 Å². The predicted octanol–water partition coefficient (Wildman–Crippen LogP) is 3.78. The van der Waals surface area contributed by atoms with Gasteiger partial charge in [0.15, 0.2) is 5.11 Å². The van der Waals surface area contributed by atoms with E-state index in [-0.39, 0.29) is 5.75 Å². The third-order valence-electron chi connectivity index (χ3n) is 2.67. The van der Waals surface area contributed by atoms with Crippen LogP contribution in [0.1, 0.15) is 11.1 Å². The summed E-state index contributed by atoms with van der Waals surface area (Å²) in [6.45, 7) is 2.02. The highest BCUT2D eigenvalue weighted by molar-refractivity contribution is 9.10. The van der Waals surface area contributed by atoms with Crippen molar-refractivity contribution in [1.82, 2.24) is 5.43 Å². The fourth-order valence-electron chi connectivity index (χ4n) is 1.59. The van der Waals surface area contributed by atoms with E-state index in [9.17, 15) is 5.11 Å². The molecule has 2 aromatic rings. The standard InChI is InChI=1S/C15H14BrN3OS/c1-10-2-5-13(6-3-10)18-15(21)19-17-9-11-8-12(16)4-7-14(11)20/h2-9,20H,1H3,(H2,18,19,21)/b17-9-. The van der Waals surface area contributed by atoms with Crippen LogP contribution < -0.4 is 10.7 Å². The molecule has 4 nitrogen and oxygen atoms in total. The first-order chi connectivity index (χ1) is 10.0. The number of hydrogen-bond acceptors (Lipinski definition) is 3. The summed E-state index contributed by atoms with van der Waals surface area (Å²) in [5.74, 6) is 0.154. The number of aromatic hydroxyl groups is 1. The van der Waals surface area contributed by atoms with Gasteiger partial charge < -0.3 is 10.4 Å². The van der Waals surface area contributed by atoms with Gasteiger partial charge in [0.1, 0.15) is 5.75 Å². The van der Waals surface area contributed by atoms with Crippen molar-refractivity contribution in [2.45, 2.75) is 6.92 Å². The van der Waals surface area contributed by atoms with Crippen LogP contribution in [-0.4, -0.2) is 16.4 Å². The molecule has 0 aliphatic carbocycles. The third kappa shape index (κ3) is 4.84. The summed E-state index contributed by atoms with van der Waals surface area (Å²) in [6, 6.07) is 13.0. The Balaban J connectivity index is 1.93. The van der Waals surface area contributed by atoms with E-state index in [4.69, 9.17) is 12.2 Å². The van der Waals surface area contributed by atoms with E-state index in [1.165, 1.54) is 11.8 Å². The summed E-state index contributed by atoms with van der Waals surface area (Å²) in [5, 5.41) is 17.1. The van der Waals surface area contributed by atoms with Crippen LogP contribution in [-0.2, 0) is 0 Å². The van der Waals surface area contributed by atoms with Gasteiger partial charge in [-0.1, -0.05) is 33.6 Å². The molecule has 0 aliphatic rings. The van der Waals surface area contributed by atoms with Crippen LogP contribution >= 0.6 is 28.1 Å². The van der Waals surface area contributed by atoms with Gasteiger partial charge in [0.2, 0.25) is 0 Å².